The van der Waals surface area contributed by atoms with Gasteiger partial charge in [0.1, 0.15) is 0 Å². The van der Waals surface area contributed by atoms with Crippen molar-refractivity contribution in [1.82, 2.24) is 4.90 Å². The highest BCUT2D eigenvalue weighted by molar-refractivity contribution is 5.72. The number of hydrogen-bond donors (Lipinski definition) is 1. The Labute approximate surface area is 130 Å². The number of ether oxygens (including phenoxy) is 1. The Kier molecular flexibility index (Phi) is 4.82. The van der Waals surface area contributed by atoms with Gasteiger partial charge in [-0.05, 0) is 30.5 Å². The Morgan fingerprint density at radius 2 is 1.87 bits per heavy atom. The highest BCUT2D eigenvalue weighted by Gasteiger charge is 2.37. The maximum atomic E-state index is 12.6. The van der Waals surface area contributed by atoms with Crippen molar-refractivity contribution >= 4 is 12.1 Å². The van der Waals surface area contributed by atoms with Gasteiger partial charge in [-0.1, -0.05) is 12.1 Å². The van der Waals surface area contributed by atoms with Crippen molar-refractivity contribution in [1.29, 1.82) is 0 Å². The highest BCUT2D eigenvalue weighted by atomic mass is 19.4. The summed E-state index contributed by atoms with van der Waals surface area (Å²) >= 11 is 0. The van der Waals surface area contributed by atoms with Crippen LogP contribution in [0.25, 0.3) is 0 Å². The number of likely N-dealkylation sites (tertiary alicyclic amines) is 1. The van der Waals surface area contributed by atoms with Crippen LogP contribution in [0.2, 0.25) is 0 Å². The molecule has 0 spiro atoms. The van der Waals surface area contributed by atoms with Crippen molar-refractivity contribution in [2.24, 2.45) is 5.92 Å². The molecule has 1 aromatic rings. The number of methoxy groups -OCH3 is 1. The molecule has 8 heteroatoms. The molecule has 2 unspecified atom stereocenters. The number of carboxylic acids is 1. The molecule has 0 saturated carbocycles. The summed E-state index contributed by atoms with van der Waals surface area (Å²) < 4.78 is 42.6. The quantitative estimate of drug-likeness (QED) is 0.903. The van der Waals surface area contributed by atoms with E-state index < -0.39 is 35.8 Å². The van der Waals surface area contributed by atoms with E-state index in [9.17, 15) is 22.8 Å². The van der Waals surface area contributed by atoms with Crippen molar-refractivity contribution in [3.63, 3.8) is 0 Å². The second-order valence-electron chi connectivity index (χ2n) is 5.36. The van der Waals surface area contributed by atoms with E-state index in [1.807, 2.05) is 0 Å². The van der Waals surface area contributed by atoms with E-state index >= 15 is 0 Å². The summed E-state index contributed by atoms with van der Waals surface area (Å²) in [6.45, 7) is 0.176. The molecule has 5 nitrogen and oxygen atoms in total. The molecule has 0 aromatic heterocycles. The number of nitrogens with zero attached hydrogens (tertiary/aromatic N) is 1. The van der Waals surface area contributed by atoms with Gasteiger partial charge in [-0.3, -0.25) is 4.79 Å². The zero-order chi connectivity index (χ0) is 17.2. The molecule has 1 saturated heterocycles. The highest BCUT2D eigenvalue weighted by Crippen LogP contribution is 2.36. The lowest BCUT2D eigenvalue weighted by Gasteiger charge is -2.37. The standard InChI is InChI=1S/C15H16F3NO4/c1-23-14(22)19-7-6-10(13(20)21)8-12(19)9-2-4-11(5-3-9)15(16,17)18/h2-5,10,12H,6-8H2,1H3,(H,20,21). The number of rotatable bonds is 2. The molecule has 0 bridgehead atoms. The Morgan fingerprint density at radius 1 is 1.26 bits per heavy atom. The third-order valence-corrected chi connectivity index (χ3v) is 3.98. The summed E-state index contributed by atoms with van der Waals surface area (Å²) in [7, 11) is 1.20. The molecular formula is C15H16F3NO4. The summed E-state index contributed by atoms with van der Waals surface area (Å²) in [5.74, 6) is -1.63. The number of carbonyl (C=O) groups is 2. The molecule has 0 aliphatic carbocycles. The van der Waals surface area contributed by atoms with Crippen molar-refractivity contribution in [2.75, 3.05) is 13.7 Å². The first-order valence-corrected chi connectivity index (χ1v) is 6.98. The summed E-state index contributed by atoms with van der Waals surface area (Å²) in [5, 5.41) is 9.15. The molecule has 0 radical (unpaired) electrons. The van der Waals surface area contributed by atoms with Crippen LogP contribution < -0.4 is 0 Å². The number of carboxylic acid groups (broad SMARTS) is 1. The average molecular weight is 331 g/mol. The van der Waals surface area contributed by atoms with Crippen LogP contribution in [0.3, 0.4) is 0 Å². The van der Waals surface area contributed by atoms with Gasteiger partial charge in [0.05, 0.1) is 24.6 Å². The van der Waals surface area contributed by atoms with Gasteiger partial charge in [0.2, 0.25) is 0 Å². The maximum Gasteiger partial charge on any atom is 0.416 e. The van der Waals surface area contributed by atoms with Crippen molar-refractivity contribution in [3.8, 4) is 0 Å². The normalized spacial score (nSPS) is 21.8. The van der Waals surface area contributed by atoms with E-state index in [1.54, 1.807) is 0 Å². The maximum absolute atomic E-state index is 12.6. The van der Waals surface area contributed by atoms with E-state index in [0.29, 0.717) is 5.56 Å². The minimum atomic E-state index is -4.45. The van der Waals surface area contributed by atoms with E-state index in [-0.39, 0.29) is 19.4 Å². The van der Waals surface area contributed by atoms with Crippen LogP contribution in [0, 0.1) is 5.92 Å². The van der Waals surface area contributed by atoms with Gasteiger partial charge in [-0.15, -0.1) is 0 Å². The fraction of sp³-hybridized carbons (Fsp3) is 0.467. The van der Waals surface area contributed by atoms with Gasteiger partial charge >= 0.3 is 18.2 Å². The van der Waals surface area contributed by atoms with Crippen LogP contribution in [-0.2, 0) is 15.7 Å². The molecule has 1 aromatic carbocycles. The van der Waals surface area contributed by atoms with E-state index in [4.69, 9.17) is 5.11 Å². The number of alkyl halides is 3. The van der Waals surface area contributed by atoms with Gasteiger partial charge in [-0.2, -0.15) is 13.2 Å². The third-order valence-electron chi connectivity index (χ3n) is 3.98. The fourth-order valence-corrected chi connectivity index (χ4v) is 2.74. The molecular weight excluding hydrogens is 315 g/mol. The first kappa shape index (κ1) is 17.1. The van der Waals surface area contributed by atoms with Crippen LogP contribution >= 0.6 is 0 Å². The van der Waals surface area contributed by atoms with Gasteiger partial charge in [0.25, 0.3) is 0 Å². The number of halogens is 3. The van der Waals surface area contributed by atoms with Crippen molar-refractivity contribution < 1.29 is 32.6 Å². The molecule has 1 N–H and O–H groups in total. The Bertz CT molecular complexity index is 585. The topological polar surface area (TPSA) is 66.8 Å². The number of benzene rings is 1. The van der Waals surface area contributed by atoms with Crippen molar-refractivity contribution in [2.45, 2.75) is 25.1 Å². The molecule has 2 rings (SSSR count). The predicted octanol–water partition coefficient (Wildman–Crippen LogP) is 3.31. The summed E-state index contributed by atoms with van der Waals surface area (Å²) in [4.78, 5) is 24.4. The van der Waals surface area contributed by atoms with Gasteiger partial charge in [-0.25, -0.2) is 4.79 Å². The average Bonchev–Trinajstić information content (AvgIpc) is 2.52. The minimum Gasteiger partial charge on any atom is -0.481 e. The fourth-order valence-electron chi connectivity index (χ4n) is 2.74. The van der Waals surface area contributed by atoms with E-state index in [2.05, 4.69) is 4.74 Å². The molecule has 1 amide bonds. The van der Waals surface area contributed by atoms with E-state index in [0.717, 1.165) is 12.1 Å². The second kappa shape index (κ2) is 6.47. The Hall–Kier alpha value is -2.25. The monoisotopic (exact) mass is 331 g/mol. The largest absolute Gasteiger partial charge is 0.481 e. The SMILES string of the molecule is COC(=O)N1CCC(C(=O)O)CC1c1ccc(C(F)(F)F)cc1. The molecule has 1 heterocycles. The van der Waals surface area contributed by atoms with Gasteiger partial charge in [0.15, 0.2) is 0 Å². The molecule has 1 fully saturated rings. The van der Waals surface area contributed by atoms with E-state index in [1.165, 1.54) is 24.1 Å². The van der Waals surface area contributed by atoms with Gasteiger partial charge < -0.3 is 14.7 Å². The van der Waals surface area contributed by atoms with Crippen LogP contribution in [0.5, 0.6) is 0 Å². The zero-order valence-corrected chi connectivity index (χ0v) is 12.3. The lowest BCUT2D eigenvalue weighted by Crippen LogP contribution is -2.42. The van der Waals surface area contributed by atoms with Crippen LogP contribution in [-0.4, -0.2) is 35.7 Å². The molecule has 1 aliphatic rings. The third kappa shape index (κ3) is 3.75. The Morgan fingerprint density at radius 3 is 2.35 bits per heavy atom. The smallest absolute Gasteiger partial charge is 0.416 e. The number of amides is 1. The van der Waals surface area contributed by atoms with Crippen LogP contribution in [0.1, 0.15) is 30.0 Å². The molecule has 23 heavy (non-hydrogen) atoms. The number of hydrogen-bond acceptors (Lipinski definition) is 3. The lowest BCUT2D eigenvalue weighted by molar-refractivity contribution is -0.144. The summed E-state index contributed by atoms with van der Waals surface area (Å²) in [6.07, 6.45) is -4.66. The molecule has 2 atom stereocenters. The van der Waals surface area contributed by atoms with Crippen molar-refractivity contribution in [3.05, 3.63) is 35.4 Å². The number of piperidine rings is 1. The second-order valence-corrected chi connectivity index (χ2v) is 5.36. The number of aliphatic carboxylic acids is 1. The molecule has 126 valence electrons. The minimum absolute atomic E-state index is 0.135. The molecule has 1 aliphatic heterocycles. The zero-order valence-electron chi connectivity index (χ0n) is 12.3. The van der Waals surface area contributed by atoms with Gasteiger partial charge in [0, 0.05) is 6.54 Å². The lowest BCUT2D eigenvalue weighted by atomic mass is 9.87. The van der Waals surface area contributed by atoms with Crippen LogP contribution in [0.4, 0.5) is 18.0 Å². The Balaban J connectivity index is 2.30. The first-order valence-electron chi connectivity index (χ1n) is 6.98. The predicted molar refractivity (Wildman–Crippen MR) is 73.7 cm³/mol. The summed E-state index contributed by atoms with van der Waals surface area (Å²) in [6, 6.07) is 3.77. The summed E-state index contributed by atoms with van der Waals surface area (Å²) in [5.41, 5.74) is -0.342. The first-order chi connectivity index (χ1) is 10.7. The van der Waals surface area contributed by atoms with Crippen LogP contribution in [0.15, 0.2) is 24.3 Å². The number of carbonyl (C=O) groups excluding carboxylic acids is 1.